The predicted molar refractivity (Wildman–Crippen MR) is 75.0 cm³/mol. The molecule has 3 rings (SSSR count). The van der Waals surface area contributed by atoms with Crippen molar-refractivity contribution in [3.63, 3.8) is 0 Å². The summed E-state index contributed by atoms with van der Waals surface area (Å²) in [5.74, 6) is -0.0250. The maximum atomic E-state index is 12.5. The van der Waals surface area contributed by atoms with E-state index in [9.17, 15) is 4.79 Å². The van der Waals surface area contributed by atoms with Crippen LogP contribution in [-0.4, -0.2) is 15.8 Å². The molecule has 0 aliphatic heterocycles. The number of nitrogens with zero attached hydrogens (tertiary/aromatic N) is 2. The lowest BCUT2D eigenvalue weighted by molar-refractivity contribution is 0.104. The normalized spacial score (nSPS) is 10.7. The van der Waals surface area contributed by atoms with Gasteiger partial charge in [0, 0.05) is 16.9 Å². The molecule has 2 aromatic heterocycles. The van der Waals surface area contributed by atoms with Crippen molar-refractivity contribution in [2.24, 2.45) is 0 Å². The van der Waals surface area contributed by atoms with Crippen LogP contribution in [-0.2, 0) is 0 Å². The highest BCUT2D eigenvalue weighted by Crippen LogP contribution is 2.27. The Kier molecular flexibility index (Phi) is 2.93. The van der Waals surface area contributed by atoms with Gasteiger partial charge in [-0.25, -0.2) is 0 Å². The van der Waals surface area contributed by atoms with Crippen molar-refractivity contribution in [2.45, 2.75) is 0 Å². The van der Waals surface area contributed by atoms with E-state index in [0.29, 0.717) is 16.0 Å². The number of rotatable bonds is 2. The number of thiophene rings is 1. The molecule has 0 saturated carbocycles. The highest BCUT2D eigenvalue weighted by Gasteiger charge is 2.17. The van der Waals surface area contributed by atoms with Gasteiger partial charge in [0.1, 0.15) is 0 Å². The van der Waals surface area contributed by atoms with E-state index in [2.05, 4.69) is 25.9 Å². The second-order valence-electron chi connectivity index (χ2n) is 3.66. The van der Waals surface area contributed by atoms with Gasteiger partial charge in [0.2, 0.25) is 5.78 Å². The van der Waals surface area contributed by atoms with Gasteiger partial charge in [-0.2, -0.15) is 0 Å². The van der Waals surface area contributed by atoms with Gasteiger partial charge in [-0.3, -0.25) is 14.8 Å². The second-order valence-corrected chi connectivity index (χ2v) is 5.43. The van der Waals surface area contributed by atoms with Gasteiger partial charge in [-0.05, 0) is 39.5 Å². The fraction of sp³-hybridized carbons (Fsp3) is 0. The molecule has 0 radical (unpaired) electrons. The van der Waals surface area contributed by atoms with Crippen molar-refractivity contribution in [3.05, 3.63) is 57.0 Å². The molecule has 1 aromatic carbocycles. The summed E-state index contributed by atoms with van der Waals surface area (Å²) in [6.07, 6.45) is 3.22. The summed E-state index contributed by atoms with van der Waals surface area (Å²) < 4.78 is 0.818. The smallest absolute Gasteiger partial charge is 0.206 e. The van der Waals surface area contributed by atoms with Crippen molar-refractivity contribution in [1.29, 1.82) is 0 Å². The van der Waals surface area contributed by atoms with E-state index in [-0.39, 0.29) is 5.78 Å². The first kappa shape index (κ1) is 11.5. The molecular weight excluding hydrogens is 312 g/mol. The largest absolute Gasteiger partial charge is 0.288 e. The van der Waals surface area contributed by atoms with Crippen molar-refractivity contribution in [2.75, 3.05) is 0 Å². The van der Waals surface area contributed by atoms with E-state index in [1.165, 1.54) is 11.3 Å². The van der Waals surface area contributed by atoms with Crippen molar-refractivity contribution in [3.8, 4) is 0 Å². The Labute approximate surface area is 116 Å². The van der Waals surface area contributed by atoms with E-state index in [1.54, 1.807) is 18.5 Å². The van der Waals surface area contributed by atoms with Crippen LogP contribution in [0.1, 0.15) is 15.2 Å². The molecule has 3 aromatic rings. The summed E-state index contributed by atoms with van der Waals surface area (Å²) in [6.45, 7) is 0. The first-order valence-electron chi connectivity index (χ1n) is 5.25. The molecule has 88 valence electrons. The molecule has 0 atom stereocenters. The summed E-state index contributed by atoms with van der Waals surface area (Å²) in [5.41, 5.74) is 1.96. The second kappa shape index (κ2) is 4.59. The first-order chi connectivity index (χ1) is 8.77. The fourth-order valence-corrected chi connectivity index (χ4v) is 3.26. The number of hydrogen-bond donors (Lipinski definition) is 0. The lowest BCUT2D eigenvalue weighted by Crippen LogP contribution is -2.02. The quantitative estimate of drug-likeness (QED) is 0.677. The standard InChI is InChI=1S/C13H7BrN2OS/c14-9-4-7-18-13(9)12(17)8-2-1-3-10-11(8)16-6-5-15-10/h1-7H. The molecule has 0 unspecified atom stereocenters. The van der Waals surface area contributed by atoms with Crippen LogP contribution in [0.3, 0.4) is 0 Å². The maximum absolute atomic E-state index is 12.5. The number of para-hydroxylation sites is 1. The number of halogens is 1. The van der Waals surface area contributed by atoms with Gasteiger partial charge in [0.05, 0.1) is 21.5 Å². The minimum absolute atomic E-state index is 0.0250. The first-order valence-corrected chi connectivity index (χ1v) is 6.92. The number of fused-ring (bicyclic) bond motifs is 1. The third-order valence-electron chi connectivity index (χ3n) is 2.57. The zero-order valence-corrected chi connectivity index (χ0v) is 11.5. The topological polar surface area (TPSA) is 42.9 Å². The molecular formula is C13H7BrN2OS. The zero-order chi connectivity index (χ0) is 12.5. The van der Waals surface area contributed by atoms with E-state index < -0.39 is 0 Å². The highest BCUT2D eigenvalue weighted by atomic mass is 79.9. The van der Waals surface area contributed by atoms with Crippen LogP contribution in [0.15, 0.2) is 46.5 Å². The molecule has 0 fully saturated rings. The minimum atomic E-state index is -0.0250. The third-order valence-corrected chi connectivity index (χ3v) is 4.40. The number of carbonyl (C=O) groups excluding carboxylic acids is 1. The number of benzene rings is 1. The minimum Gasteiger partial charge on any atom is -0.288 e. The Balaban J connectivity index is 2.21. The molecule has 0 aliphatic rings. The van der Waals surface area contributed by atoms with Crippen LogP contribution in [0, 0.1) is 0 Å². The summed E-state index contributed by atoms with van der Waals surface area (Å²) in [6, 6.07) is 7.33. The molecule has 18 heavy (non-hydrogen) atoms. The lowest BCUT2D eigenvalue weighted by atomic mass is 10.1. The van der Waals surface area contributed by atoms with E-state index in [4.69, 9.17) is 0 Å². The SMILES string of the molecule is O=C(c1sccc1Br)c1cccc2nccnc12. The third kappa shape index (κ3) is 1.85. The van der Waals surface area contributed by atoms with Gasteiger partial charge in [-0.15, -0.1) is 11.3 Å². The van der Waals surface area contributed by atoms with Crippen LogP contribution in [0.5, 0.6) is 0 Å². The summed E-state index contributed by atoms with van der Waals surface area (Å²) >= 11 is 4.80. The molecule has 3 nitrogen and oxygen atoms in total. The molecule has 0 saturated heterocycles. The van der Waals surface area contributed by atoms with Gasteiger partial charge < -0.3 is 0 Å². The van der Waals surface area contributed by atoms with E-state index in [1.807, 2.05) is 23.6 Å². The van der Waals surface area contributed by atoms with Crippen molar-refractivity contribution >= 4 is 44.1 Å². The molecule has 0 aliphatic carbocycles. The number of hydrogen-bond acceptors (Lipinski definition) is 4. The Morgan fingerprint density at radius 1 is 1.17 bits per heavy atom. The van der Waals surface area contributed by atoms with E-state index in [0.717, 1.165) is 9.99 Å². The molecule has 2 heterocycles. The number of carbonyl (C=O) groups is 1. The van der Waals surface area contributed by atoms with Crippen molar-refractivity contribution < 1.29 is 4.79 Å². The molecule has 0 N–H and O–H groups in total. The Hall–Kier alpha value is -1.59. The molecule has 5 heteroatoms. The van der Waals surface area contributed by atoms with Gasteiger partial charge >= 0.3 is 0 Å². The predicted octanol–water partition coefficient (Wildman–Crippen LogP) is 3.68. The van der Waals surface area contributed by atoms with Crippen LogP contribution < -0.4 is 0 Å². The van der Waals surface area contributed by atoms with E-state index >= 15 is 0 Å². The van der Waals surface area contributed by atoms with Gasteiger partial charge in [-0.1, -0.05) is 6.07 Å². The van der Waals surface area contributed by atoms with Crippen LogP contribution in [0.25, 0.3) is 11.0 Å². The summed E-state index contributed by atoms with van der Waals surface area (Å²) in [5, 5.41) is 1.88. The molecule has 0 amide bonds. The van der Waals surface area contributed by atoms with Crippen molar-refractivity contribution in [1.82, 2.24) is 9.97 Å². The van der Waals surface area contributed by atoms with Crippen LogP contribution in [0.4, 0.5) is 0 Å². The monoisotopic (exact) mass is 318 g/mol. The number of ketones is 1. The van der Waals surface area contributed by atoms with Gasteiger partial charge in [0.15, 0.2) is 0 Å². The van der Waals surface area contributed by atoms with Crippen LogP contribution in [0.2, 0.25) is 0 Å². The number of aromatic nitrogens is 2. The Morgan fingerprint density at radius 3 is 2.78 bits per heavy atom. The van der Waals surface area contributed by atoms with Gasteiger partial charge in [0.25, 0.3) is 0 Å². The highest BCUT2D eigenvalue weighted by molar-refractivity contribution is 9.10. The zero-order valence-electron chi connectivity index (χ0n) is 9.13. The molecule has 0 spiro atoms. The Bertz CT molecular complexity index is 733. The van der Waals surface area contributed by atoms with Crippen LogP contribution >= 0.6 is 27.3 Å². The average molecular weight is 319 g/mol. The molecule has 0 bridgehead atoms. The average Bonchev–Trinajstić information content (AvgIpc) is 2.83. The Morgan fingerprint density at radius 2 is 2.00 bits per heavy atom. The fourth-order valence-electron chi connectivity index (χ4n) is 1.75. The maximum Gasteiger partial charge on any atom is 0.206 e. The summed E-state index contributed by atoms with van der Waals surface area (Å²) in [7, 11) is 0. The lowest BCUT2D eigenvalue weighted by Gasteiger charge is -2.03. The summed E-state index contributed by atoms with van der Waals surface area (Å²) in [4.78, 5) is 21.6.